The van der Waals surface area contributed by atoms with E-state index in [0.717, 1.165) is 18.2 Å². The highest BCUT2D eigenvalue weighted by atomic mass is 32.2. The second-order valence-corrected chi connectivity index (χ2v) is 6.81. The summed E-state index contributed by atoms with van der Waals surface area (Å²) < 4.78 is 5.98. The van der Waals surface area contributed by atoms with Crippen LogP contribution in [-0.4, -0.2) is 24.2 Å². The predicted molar refractivity (Wildman–Crippen MR) is 83.2 cm³/mol. The first-order valence-electron chi connectivity index (χ1n) is 7.48. The van der Waals surface area contributed by atoms with E-state index in [1.165, 1.54) is 49.3 Å². The van der Waals surface area contributed by atoms with Crippen LogP contribution in [0.1, 0.15) is 32.1 Å². The minimum absolute atomic E-state index is 0.453. The summed E-state index contributed by atoms with van der Waals surface area (Å²) in [6.45, 7) is 1.11. The van der Waals surface area contributed by atoms with Crippen LogP contribution in [0.4, 0.5) is 5.69 Å². The maximum Gasteiger partial charge on any atom is 0.119 e. The van der Waals surface area contributed by atoms with Crippen LogP contribution in [-0.2, 0) is 0 Å². The van der Waals surface area contributed by atoms with Crippen LogP contribution in [0.3, 0.4) is 0 Å². The van der Waals surface area contributed by atoms with Crippen molar-refractivity contribution in [2.24, 2.45) is 5.92 Å². The van der Waals surface area contributed by atoms with Crippen LogP contribution < -0.4 is 10.1 Å². The SMILES string of the molecule is c1cc(OC2CCCC2)ccc1NCC1CCSC1. The maximum absolute atomic E-state index is 5.98. The molecule has 0 aromatic heterocycles. The average molecular weight is 277 g/mol. The molecular formula is C16H23NOS. The van der Waals surface area contributed by atoms with Crippen molar-refractivity contribution in [3.8, 4) is 5.75 Å². The molecule has 1 aromatic rings. The van der Waals surface area contributed by atoms with Crippen LogP contribution in [0.25, 0.3) is 0 Å². The Labute approximate surface area is 120 Å². The van der Waals surface area contributed by atoms with Crippen molar-refractivity contribution in [2.45, 2.75) is 38.2 Å². The molecular weight excluding hydrogens is 254 g/mol. The minimum Gasteiger partial charge on any atom is -0.490 e. The van der Waals surface area contributed by atoms with E-state index in [-0.39, 0.29) is 0 Å². The molecule has 2 fully saturated rings. The van der Waals surface area contributed by atoms with Gasteiger partial charge in [-0.15, -0.1) is 0 Å². The Hall–Kier alpha value is -0.830. The van der Waals surface area contributed by atoms with Crippen molar-refractivity contribution in [1.29, 1.82) is 0 Å². The molecule has 1 aliphatic heterocycles. The summed E-state index contributed by atoms with van der Waals surface area (Å²) in [5.41, 5.74) is 1.22. The third-order valence-electron chi connectivity index (χ3n) is 4.08. The standard InChI is InChI=1S/C16H23NOS/c1-2-4-15(3-1)18-16-7-5-14(6-8-16)17-11-13-9-10-19-12-13/h5-8,13,15,17H,1-4,9-12H2. The van der Waals surface area contributed by atoms with E-state index in [1.54, 1.807) is 0 Å². The summed E-state index contributed by atoms with van der Waals surface area (Å²) in [5, 5.41) is 3.54. The zero-order valence-corrected chi connectivity index (χ0v) is 12.3. The molecule has 2 nitrogen and oxygen atoms in total. The van der Waals surface area contributed by atoms with E-state index in [4.69, 9.17) is 4.74 Å². The fraction of sp³-hybridized carbons (Fsp3) is 0.625. The molecule has 1 saturated carbocycles. The average Bonchev–Trinajstić information content (AvgIpc) is 3.11. The summed E-state index contributed by atoms with van der Waals surface area (Å²) in [5.74, 6) is 4.52. The Morgan fingerprint density at radius 2 is 1.89 bits per heavy atom. The van der Waals surface area contributed by atoms with Crippen LogP contribution >= 0.6 is 11.8 Å². The molecule has 0 amide bonds. The van der Waals surface area contributed by atoms with Gasteiger partial charge in [-0.3, -0.25) is 0 Å². The van der Waals surface area contributed by atoms with Gasteiger partial charge < -0.3 is 10.1 Å². The number of hydrogen-bond donors (Lipinski definition) is 1. The molecule has 1 saturated heterocycles. The highest BCUT2D eigenvalue weighted by Gasteiger charge is 2.16. The number of rotatable bonds is 5. The van der Waals surface area contributed by atoms with Crippen LogP contribution in [0.5, 0.6) is 5.75 Å². The Morgan fingerprint density at radius 1 is 1.11 bits per heavy atom. The van der Waals surface area contributed by atoms with Crippen molar-refractivity contribution in [1.82, 2.24) is 0 Å². The maximum atomic E-state index is 5.98. The van der Waals surface area contributed by atoms with Gasteiger partial charge in [-0.2, -0.15) is 11.8 Å². The minimum atomic E-state index is 0.453. The van der Waals surface area contributed by atoms with Gasteiger partial charge in [-0.05, 0) is 73.8 Å². The lowest BCUT2D eigenvalue weighted by Gasteiger charge is -2.14. The summed E-state index contributed by atoms with van der Waals surface area (Å²) in [4.78, 5) is 0. The summed E-state index contributed by atoms with van der Waals surface area (Å²) in [6.07, 6.45) is 6.90. The molecule has 1 heterocycles. The quantitative estimate of drug-likeness (QED) is 0.872. The molecule has 3 heteroatoms. The number of benzene rings is 1. The van der Waals surface area contributed by atoms with Gasteiger partial charge in [0.05, 0.1) is 6.10 Å². The first-order valence-corrected chi connectivity index (χ1v) is 8.64. The Kier molecular flexibility index (Phi) is 4.54. The number of anilines is 1. The largest absolute Gasteiger partial charge is 0.490 e. The molecule has 3 rings (SSSR count). The normalized spacial score (nSPS) is 23.7. The zero-order valence-electron chi connectivity index (χ0n) is 11.4. The number of thioether (sulfide) groups is 1. The van der Waals surface area contributed by atoms with Crippen LogP contribution in [0.15, 0.2) is 24.3 Å². The second-order valence-electron chi connectivity index (χ2n) is 5.66. The van der Waals surface area contributed by atoms with E-state index in [9.17, 15) is 0 Å². The van der Waals surface area contributed by atoms with Gasteiger partial charge in [0.25, 0.3) is 0 Å². The fourth-order valence-electron chi connectivity index (χ4n) is 2.86. The summed E-state index contributed by atoms with van der Waals surface area (Å²) >= 11 is 2.08. The summed E-state index contributed by atoms with van der Waals surface area (Å²) in [7, 11) is 0. The second kappa shape index (κ2) is 6.56. The van der Waals surface area contributed by atoms with E-state index in [0.29, 0.717) is 6.10 Å². The number of nitrogens with one attached hydrogen (secondary N) is 1. The van der Waals surface area contributed by atoms with E-state index in [1.807, 2.05) is 0 Å². The van der Waals surface area contributed by atoms with Gasteiger partial charge in [0.2, 0.25) is 0 Å². The molecule has 19 heavy (non-hydrogen) atoms. The summed E-state index contributed by atoms with van der Waals surface area (Å²) in [6, 6.07) is 8.49. The fourth-order valence-corrected chi connectivity index (χ4v) is 4.14. The van der Waals surface area contributed by atoms with E-state index in [2.05, 4.69) is 41.3 Å². The first kappa shape index (κ1) is 13.2. The Balaban J connectivity index is 1.47. The molecule has 0 spiro atoms. The van der Waals surface area contributed by atoms with Gasteiger partial charge in [0.1, 0.15) is 5.75 Å². The smallest absolute Gasteiger partial charge is 0.119 e. The van der Waals surface area contributed by atoms with Crippen molar-refractivity contribution >= 4 is 17.4 Å². The van der Waals surface area contributed by atoms with Gasteiger partial charge in [0.15, 0.2) is 0 Å². The molecule has 2 aliphatic rings. The molecule has 1 atom stereocenters. The molecule has 1 aromatic carbocycles. The van der Waals surface area contributed by atoms with Crippen molar-refractivity contribution in [3.05, 3.63) is 24.3 Å². The molecule has 0 bridgehead atoms. The highest BCUT2D eigenvalue weighted by molar-refractivity contribution is 7.99. The lowest BCUT2D eigenvalue weighted by Crippen LogP contribution is -2.13. The van der Waals surface area contributed by atoms with Gasteiger partial charge >= 0.3 is 0 Å². The van der Waals surface area contributed by atoms with Crippen molar-refractivity contribution in [3.63, 3.8) is 0 Å². The van der Waals surface area contributed by atoms with Crippen molar-refractivity contribution in [2.75, 3.05) is 23.4 Å². The lowest BCUT2D eigenvalue weighted by atomic mass is 10.1. The molecule has 1 aliphatic carbocycles. The number of ether oxygens (including phenoxy) is 1. The number of hydrogen-bond acceptors (Lipinski definition) is 3. The zero-order chi connectivity index (χ0) is 12.9. The predicted octanol–water partition coefficient (Wildman–Crippen LogP) is 4.17. The Morgan fingerprint density at radius 3 is 2.58 bits per heavy atom. The molecule has 1 N–H and O–H groups in total. The lowest BCUT2D eigenvalue weighted by molar-refractivity contribution is 0.210. The van der Waals surface area contributed by atoms with Crippen LogP contribution in [0, 0.1) is 5.92 Å². The van der Waals surface area contributed by atoms with Gasteiger partial charge in [-0.25, -0.2) is 0 Å². The van der Waals surface area contributed by atoms with E-state index >= 15 is 0 Å². The topological polar surface area (TPSA) is 21.3 Å². The molecule has 0 radical (unpaired) electrons. The van der Waals surface area contributed by atoms with Gasteiger partial charge in [-0.1, -0.05) is 0 Å². The first-order chi connectivity index (χ1) is 9.40. The van der Waals surface area contributed by atoms with Crippen molar-refractivity contribution < 1.29 is 4.74 Å². The van der Waals surface area contributed by atoms with E-state index < -0.39 is 0 Å². The monoisotopic (exact) mass is 277 g/mol. The third-order valence-corrected chi connectivity index (χ3v) is 5.31. The van der Waals surface area contributed by atoms with Crippen LogP contribution in [0.2, 0.25) is 0 Å². The third kappa shape index (κ3) is 3.82. The molecule has 1 unspecified atom stereocenters. The highest BCUT2D eigenvalue weighted by Crippen LogP contribution is 2.26. The van der Waals surface area contributed by atoms with Gasteiger partial charge in [0, 0.05) is 12.2 Å². The Bertz CT molecular complexity index is 380. The molecule has 104 valence electrons.